The molecule has 1 heterocycles. The number of nitrogens with zero attached hydrogens (tertiary/aromatic N) is 1. The van der Waals surface area contributed by atoms with Gasteiger partial charge >= 0.3 is 0 Å². The second-order valence-corrected chi connectivity index (χ2v) is 7.20. The van der Waals surface area contributed by atoms with E-state index in [1.165, 1.54) is 7.11 Å². The molecule has 2 aromatic rings. The Morgan fingerprint density at radius 2 is 1.71 bits per heavy atom. The van der Waals surface area contributed by atoms with E-state index in [2.05, 4.69) is 15.5 Å². The first kappa shape index (κ1) is 22.4. The molecule has 0 aliphatic carbocycles. The van der Waals surface area contributed by atoms with Crippen molar-refractivity contribution in [2.24, 2.45) is 0 Å². The summed E-state index contributed by atoms with van der Waals surface area (Å²) in [4.78, 5) is 27.9. The molecule has 2 amide bonds. The first-order valence-corrected chi connectivity index (χ1v) is 10.3. The number of ether oxygens (including phenoxy) is 3. The number of rotatable bonds is 9. The molecule has 0 unspecified atom stereocenters. The van der Waals surface area contributed by atoms with Crippen molar-refractivity contribution < 1.29 is 23.8 Å². The van der Waals surface area contributed by atoms with Gasteiger partial charge in [0.25, 0.3) is 11.8 Å². The Hall–Kier alpha value is -3.26. The summed E-state index contributed by atoms with van der Waals surface area (Å²) in [7, 11) is 4.64. The standard InChI is InChI=1S/C23H29N3O5/c1-29-13-10-24-22(27)19-14-16(6-9-20(19)26-11-4-5-12-26)25-23(28)18-8-7-17(30-2)15-21(18)31-3/h6-9,14-15H,4-5,10-13H2,1-3H3,(H,24,27)(H,25,28). The Morgan fingerprint density at radius 3 is 2.39 bits per heavy atom. The monoisotopic (exact) mass is 427 g/mol. The van der Waals surface area contributed by atoms with Gasteiger partial charge in [0.2, 0.25) is 0 Å². The zero-order valence-electron chi connectivity index (χ0n) is 18.2. The SMILES string of the molecule is COCCNC(=O)c1cc(NC(=O)c2ccc(OC)cc2OC)ccc1N1CCCC1. The predicted octanol–water partition coefficient (Wildman–Crippen LogP) is 2.93. The van der Waals surface area contributed by atoms with Crippen LogP contribution in [0.2, 0.25) is 0 Å². The first-order valence-electron chi connectivity index (χ1n) is 10.3. The van der Waals surface area contributed by atoms with Crippen molar-refractivity contribution in [3.63, 3.8) is 0 Å². The fraction of sp³-hybridized carbons (Fsp3) is 0.391. The molecule has 1 aliphatic rings. The first-order chi connectivity index (χ1) is 15.1. The predicted molar refractivity (Wildman–Crippen MR) is 120 cm³/mol. The highest BCUT2D eigenvalue weighted by Crippen LogP contribution is 2.29. The summed E-state index contributed by atoms with van der Waals surface area (Å²) < 4.78 is 15.5. The molecule has 0 saturated carbocycles. The molecule has 8 heteroatoms. The molecule has 1 saturated heterocycles. The lowest BCUT2D eigenvalue weighted by molar-refractivity contribution is 0.0936. The van der Waals surface area contributed by atoms with Gasteiger partial charge in [0, 0.05) is 44.2 Å². The molecule has 2 aromatic carbocycles. The molecule has 1 fully saturated rings. The zero-order valence-corrected chi connectivity index (χ0v) is 18.2. The molecule has 0 spiro atoms. The van der Waals surface area contributed by atoms with Crippen LogP contribution < -0.4 is 25.0 Å². The van der Waals surface area contributed by atoms with E-state index in [0.29, 0.717) is 41.5 Å². The van der Waals surface area contributed by atoms with Gasteiger partial charge < -0.3 is 29.7 Å². The third-order valence-electron chi connectivity index (χ3n) is 5.19. The topological polar surface area (TPSA) is 89.1 Å². The van der Waals surface area contributed by atoms with E-state index in [-0.39, 0.29) is 11.8 Å². The van der Waals surface area contributed by atoms with Crippen molar-refractivity contribution in [1.82, 2.24) is 5.32 Å². The average molecular weight is 428 g/mol. The summed E-state index contributed by atoms with van der Waals surface area (Å²) in [6.07, 6.45) is 2.20. The lowest BCUT2D eigenvalue weighted by atomic mass is 10.1. The van der Waals surface area contributed by atoms with E-state index < -0.39 is 0 Å². The number of carbonyl (C=O) groups excluding carboxylic acids is 2. The van der Waals surface area contributed by atoms with Gasteiger partial charge in [-0.3, -0.25) is 9.59 Å². The van der Waals surface area contributed by atoms with Crippen LogP contribution in [0.1, 0.15) is 33.6 Å². The average Bonchev–Trinajstić information content (AvgIpc) is 3.33. The Bertz CT molecular complexity index is 925. The number of anilines is 2. The quantitative estimate of drug-likeness (QED) is 0.598. The molecule has 8 nitrogen and oxygen atoms in total. The van der Waals surface area contributed by atoms with Crippen molar-refractivity contribution in [1.29, 1.82) is 0 Å². The van der Waals surface area contributed by atoms with E-state index in [1.54, 1.807) is 38.5 Å². The minimum Gasteiger partial charge on any atom is -0.497 e. The highest BCUT2D eigenvalue weighted by molar-refractivity contribution is 6.08. The van der Waals surface area contributed by atoms with E-state index in [0.717, 1.165) is 31.6 Å². The minimum absolute atomic E-state index is 0.197. The fourth-order valence-electron chi connectivity index (χ4n) is 3.58. The van der Waals surface area contributed by atoms with Crippen molar-refractivity contribution in [2.75, 3.05) is 57.8 Å². The minimum atomic E-state index is -0.334. The number of carbonyl (C=O) groups is 2. The van der Waals surface area contributed by atoms with Crippen LogP contribution in [-0.2, 0) is 4.74 Å². The third kappa shape index (κ3) is 5.46. The second kappa shape index (κ2) is 10.7. The molecule has 31 heavy (non-hydrogen) atoms. The van der Waals surface area contributed by atoms with Crippen LogP contribution in [0.4, 0.5) is 11.4 Å². The molecule has 1 aliphatic heterocycles. The molecule has 166 valence electrons. The molecule has 0 bridgehead atoms. The fourth-order valence-corrected chi connectivity index (χ4v) is 3.58. The summed E-state index contributed by atoms with van der Waals surface area (Å²) in [5.74, 6) is 0.470. The third-order valence-corrected chi connectivity index (χ3v) is 5.19. The van der Waals surface area contributed by atoms with Crippen molar-refractivity contribution in [3.05, 3.63) is 47.5 Å². The smallest absolute Gasteiger partial charge is 0.259 e. The van der Waals surface area contributed by atoms with Gasteiger partial charge in [-0.2, -0.15) is 0 Å². The number of benzene rings is 2. The Labute approximate surface area is 182 Å². The van der Waals surface area contributed by atoms with Crippen LogP contribution in [0.25, 0.3) is 0 Å². The molecular formula is C23H29N3O5. The van der Waals surface area contributed by atoms with E-state index in [9.17, 15) is 9.59 Å². The lowest BCUT2D eigenvalue weighted by Crippen LogP contribution is -2.30. The van der Waals surface area contributed by atoms with Crippen LogP contribution in [0, 0.1) is 0 Å². The molecule has 0 radical (unpaired) electrons. The van der Waals surface area contributed by atoms with Gasteiger partial charge in [0.05, 0.1) is 32.0 Å². The summed E-state index contributed by atoms with van der Waals surface area (Å²) in [6.45, 7) is 2.66. The summed E-state index contributed by atoms with van der Waals surface area (Å²) in [5.41, 5.74) is 2.30. The number of amides is 2. The van der Waals surface area contributed by atoms with Gasteiger partial charge in [-0.05, 0) is 43.2 Å². The number of methoxy groups -OCH3 is 3. The van der Waals surface area contributed by atoms with Crippen molar-refractivity contribution in [3.8, 4) is 11.5 Å². The number of hydrogen-bond acceptors (Lipinski definition) is 6. The Kier molecular flexibility index (Phi) is 7.72. The van der Waals surface area contributed by atoms with Crippen LogP contribution in [-0.4, -0.2) is 59.4 Å². The van der Waals surface area contributed by atoms with Gasteiger partial charge in [-0.25, -0.2) is 0 Å². The molecular weight excluding hydrogens is 398 g/mol. The summed E-state index contributed by atoms with van der Waals surface area (Å²) in [6, 6.07) is 10.4. The second-order valence-electron chi connectivity index (χ2n) is 7.20. The van der Waals surface area contributed by atoms with Crippen molar-refractivity contribution in [2.45, 2.75) is 12.8 Å². The van der Waals surface area contributed by atoms with Crippen molar-refractivity contribution >= 4 is 23.2 Å². The Balaban J connectivity index is 1.85. The molecule has 0 atom stereocenters. The highest BCUT2D eigenvalue weighted by Gasteiger charge is 2.21. The van der Waals surface area contributed by atoms with E-state index in [1.807, 2.05) is 12.1 Å². The molecule has 2 N–H and O–H groups in total. The zero-order chi connectivity index (χ0) is 22.2. The van der Waals surface area contributed by atoms with Gasteiger partial charge in [-0.1, -0.05) is 0 Å². The van der Waals surface area contributed by atoms with Crippen LogP contribution >= 0.6 is 0 Å². The number of nitrogens with one attached hydrogen (secondary N) is 2. The van der Waals surface area contributed by atoms with Gasteiger partial charge in [-0.15, -0.1) is 0 Å². The van der Waals surface area contributed by atoms with Crippen LogP contribution in [0.3, 0.4) is 0 Å². The Morgan fingerprint density at radius 1 is 0.935 bits per heavy atom. The maximum Gasteiger partial charge on any atom is 0.259 e. The summed E-state index contributed by atoms with van der Waals surface area (Å²) in [5, 5.41) is 5.74. The van der Waals surface area contributed by atoms with E-state index >= 15 is 0 Å². The molecule has 0 aromatic heterocycles. The van der Waals surface area contributed by atoms with Gasteiger partial charge in [0.1, 0.15) is 11.5 Å². The van der Waals surface area contributed by atoms with Gasteiger partial charge in [0.15, 0.2) is 0 Å². The normalized spacial score (nSPS) is 13.1. The highest BCUT2D eigenvalue weighted by atomic mass is 16.5. The lowest BCUT2D eigenvalue weighted by Gasteiger charge is -2.22. The largest absolute Gasteiger partial charge is 0.497 e. The maximum absolute atomic E-state index is 12.9. The van der Waals surface area contributed by atoms with Crippen LogP contribution in [0.15, 0.2) is 36.4 Å². The van der Waals surface area contributed by atoms with Crippen LogP contribution in [0.5, 0.6) is 11.5 Å². The maximum atomic E-state index is 12.9. The van der Waals surface area contributed by atoms with E-state index in [4.69, 9.17) is 14.2 Å². The summed E-state index contributed by atoms with van der Waals surface area (Å²) >= 11 is 0. The number of hydrogen-bond donors (Lipinski definition) is 2. The molecule has 3 rings (SSSR count).